The second-order valence-corrected chi connectivity index (χ2v) is 4.33. The number of hydrogen-bond acceptors (Lipinski definition) is 3. The van der Waals surface area contributed by atoms with Crippen LogP contribution in [0, 0.1) is 0 Å². The van der Waals surface area contributed by atoms with Crippen molar-refractivity contribution in [1.82, 2.24) is 0 Å². The first-order chi connectivity index (χ1) is 7.08. The predicted octanol–water partition coefficient (Wildman–Crippen LogP) is 1.30. The Labute approximate surface area is 95.0 Å². The van der Waals surface area contributed by atoms with Gasteiger partial charge < -0.3 is 11.1 Å². The van der Waals surface area contributed by atoms with Crippen molar-refractivity contribution in [3.05, 3.63) is 28.2 Å². The van der Waals surface area contributed by atoms with Crippen LogP contribution in [0.25, 0.3) is 0 Å². The number of hydrogen-bond donors (Lipinski definition) is 2. The van der Waals surface area contributed by atoms with E-state index in [1.165, 1.54) is 0 Å². The van der Waals surface area contributed by atoms with Crippen LogP contribution in [0.4, 0.5) is 5.69 Å². The molecule has 15 heavy (non-hydrogen) atoms. The van der Waals surface area contributed by atoms with Gasteiger partial charge in [-0.05, 0) is 18.2 Å². The van der Waals surface area contributed by atoms with Gasteiger partial charge in [0.05, 0.1) is 11.7 Å². The third-order valence-corrected chi connectivity index (χ3v) is 2.76. The maximum absolute atomic E-state index is 11.8. The summed E-state index contributed by atoms with van der Waals surface area (Å²) < 4.78 is 0.790. The van der Waals surface area contributed by atoms with Crippen molar-refractivity contribution in [1.29, 1.82) is 0 Å². The molecule has 1 aliphatic rings. The number of nitrogens with two attached hydrogens (primary N) is 1. The lowest BCUT2D eigenvalue weighted by Gasteiger charge is -2.06. The summed E-state index contributed by atoms with van der Waals surface area (Å²) in [5, 5.41) is 2.65. The van der Waals surface area contributed by atoms with Gasteiger partial charge in [0.25, 0.3) is 0 Å². The maximum atomic E-state index is 11.8. The van der Waals surface area contributed by atoms with Gasteiger partial charge in [-0.25, -0.2) is 0 Å². The molecule has 0 fully saturated rings. The van der Waals surface area contributed by atoms with Crippen LogP contribution in [-0.4, -0.2) is 17.7 Å². The molecule has 0 radical (unpaired) electrons. The van der Waals surface area contributed by atoms with E-state index < -0.39 is 6.04 Å². The molecule has 1 aliphatic heterocycles. The molecule has 1 unspecified atom stereocenters. The maximum Gasteiger partial charge on any atom is 0.226 e. The van der Waals surface area contributed by atoms with Crippen molar-refractivity contribution in [2.45, 2.75) is 12.5 Å². The van der Waals surface area contributed by atoms with E-state index in [1.54, 1.807) is 18.2 Å². The largest absolute Gasteiger partial charge is 0.325 e. The molecule has 0 saturated heterocycles. The Morgan fingerprint density at radius 3 is 2.87 bits per heavy atom. The lowest BCUT2D eigenvalue weighted by Crippen LogP contribution is -2.31. The molecule has 1 amide bonds. The van der Waals surface area contributed by atoms with Gasteiger partial charge in [-0.3, -0.25) is 9.59 Å². The van der Waals surface area contributed by atoms with Crippen LogP contribution in [0.1, 0.15) is 16.8 Å². The smallest absolute Gasteiger partial charge is 0.226 e. The molecular weight excluding hydrogens is 260 g/mol. The molecule has 1 aromatic rings. The molecule has 0 aromatic heterocycles. The van der Waals surface area contributed by atoms with Crippen LogP contribution in [-0.2, 0) is 4.79 Å². The van der Waals surface area contributed by atoms with Gasteiger partial charge in [0.2, 0.25) is 5.91 Å². The summed E-state index contributed by atoms with van der Waals surface area (Å²) in [7, 11) is 0. The molecule has 4 nitrogen and oxygen atoms in total. The van der Waals surface area contributed by atoms with E-state index in [4.69, 9.17) is 5.73 Å². The van der Waals surface area contributed by atoms with Crippen molar-refractivity contribution in [2.24, 2.45) is 5.73 Å². The summed E-state index contributed by atoms with van der Waals surface area (Å²) in [5.74, 6) is -0.429. The molecule has 3 N–H and O–H groups in total. The van der Waals surface area contributed by atoms with E-state index >= 15 is 0 Å². The molecule has 1 atom stereocenters. The molecule has 1 aromatic carbocycles. The minimum absolute atomic E-state index is 0.0329. The predicted molar refractivity (Wildman–Crippen MR) is 59.7 cm³/mol. The number of halogens is 1. The molecular formula is C10H9BrN2O2. The fourth-order valence-corrected chi connectivity index (χ4v) is 1.88. The number of carbonyl (C=O) groups excluding carboxylic acids is 2. The number of benzene rings is 1. The SMILES string of the molecule is NC1CC(=O)Nc2ccc(Br)cc2C1=O. The number of amides is 1. The highest BCUT2D eigenvalue weighted by atomic mass is 79.9. The first-order valence-electron chi connectivity index (χ1n) is 4.47. The van der Waals surface area contributed by atoms with Gasteiger partial charge in [-0.15, -0.1) is 0 Å². The minimum atomic E-state index is -0.749. The minimum Gasteiger partial charge on any atom is -0.325 e. The molecule has 0 saturated carbocycles. The number of carbonyl (C=O) groups is 2. The van der Waals surface area contributed by atoms with E-state index in [-0.39, 0.29) is 18.1 Å². The molecule has 0 bridgehead atoms. The number of ketones is 1. The first-order valence-corrected chi connectivity index (χ1v) is 5.26. The van der Waals surface area contributed by atoms with Crippen LogP contribution in [0.5, 0.6) is 0 Å². The Hall–Kier alpha value is -1.20. The second-order valence-electron chi connectivity index (χ2n) is 3.41. The van der Waals surface area contributed by atoms with E-state index in [2.05, 4.69) is 21.2 Å². The van der Waals surface area contributed by atoms with Crippen molar-refractivity contribution in [3.63, 3.8) is 0 Å². The third kappa shape index (κ3) is 1.93. The Bertz CT molecular complexity index is 445. The number of rotatable bonds is 0. The highest BCUT2D eigenvalue weighted by Crippen LogP contribution is 2.25. The average Bonchev–Trinajstić information content (AvgIpc) is 2.27. The van der Waals surface area contributed by atoms with Gasteiger partial charge in [0, 0.05) is 16.5 Å². The van der Waals surface area contributed by atoms with Crippen molar-refractivity contribution >= 4 is 33.3 Å². The molecule has 0 aliphatic carbocycles. The van der Waals surface area contributed by atoms with E-state index in [0.717, 1.165) is 4.47 Å². The Kier molecular flexibility index (Phi) is 2.58. The van der Waals surface area contributed by atoms with E-state index in [0.29, 0.717) is 11.3 Å². The van der Waals surface area contributed by atoms with Gasteiger partial charge >= 0.3 is 0 Å². The van der Waals surface area contributed by atoms with Crippen LogP contribution in [0.3, 0.4) is 0 Å². The average molecular weight is 269 g/mol. The summed E-state index contributed by atoms with van der Waals surface area (Å²) in [6, 6.07) is 4.38. The fraction of sp³-hybridized carbons (Fsp3) is 0.200. The summed E-state index contributed by atoms with van der Waals surface area (Å²) >= 11 is 3.27. The van der Waals surface area contributed by atoms with Crippen LogP contribution in [0.2, 0.25) is 0 Å². The summed E-state index contributed by atoms with van der Waals surface area (Å²) in [6.07, 6.45) is 0.0329. The van der Waals surface area contributed by atoms with Gasteiger partial charge in [-0.2, -0.15) is 0 Å². The number of Topliss-reactive ketones (excluding diaryl/α,β-unsaturated/α-hetero) is 1. The van der Waals surface area contributed by atoms with Gasteiger partial charge in [-0.1, -0.05) is 15.9 Å². The first kappa shape index (κ1) is 10.3. The van der Waals surface area contributed by atoms with Crippen molar-refractivity contribution in [2.75, 3.05) is 5.32 Å². The molecule has 1 heterocycles. The van der Waals surface area contributed by atoms with Gasteiger partial charge in [0.15, 0.2) is 5.78 Å². The number of fused-ring (bicyclic) bond motifs is 1. The standard InChI is InChI=1S/C10H9BrN2O2/c11-5-1-2-8-6(3-5)10(15)7(12)4-9(14)13-8/h1-3,7H,4,12H2,(H,13,14). The lowest BCUT2D eigenvalue weighted by atomic mass is 10.0. The molecule has 2 rings (SSSR count). The Balaban J connectivity index is 2.55. The van der Waals surface area contributed by atoms with Gasteiger partial charge in [0.1, 0.15) is 0 Å². The Morgan fingerprint density at radius 1 is 1.40 bits per heavy atom. The monoisotopic (exact) mass is 268 g/mol. The zero-order valence-electron chi connectivity index (χ0n) is 7.79. The zero-order valence-corrected chi connectivity index (χ0v) is 9.37. The van der Waals surface area contributed by atoms with E-state index in [1.807, 2.05) is 0 Å². The second kappa shape index (κ2) is 3.75. The highest BCUT2D eigenvalue weighted by Gasteiger charge is 2.26. The molecule has 78 valence electrons. The highest BCUT2D eigenvalue weighted by molar-refractivity contribution is 9.10. The lowest BCUT2D eigenvalue weighted by molar-refractivity contribution is -0.116. The fourth-order valence-electron chi connectivity index (χ4n) is 1.52. The summed E-state index contributed by atoms with van der Waals surface area (Å²) in [5.41, 5.74) is 6.60. The quantitative estimate of drug-likeness (QED) is 0.745. The third-order valence-electron chi connectivity index (χ3n) is 2.26. The summed E-state index contributed by atoms with van der Waals surface area (Å²) in [4.78, 5) is 23.1. The van der Waals surface area contributed by atoms with Crippen LogP contribution in [0.15, 0.2) is 22.7 Å². The number of nitrogens with one attached hydrogen (secondary N) is 1. The molecule has 0 spiro atoms. The topological polar surface area (TPSA) is 72.2 Å². The summed E-state index contributed by atoms with van der Waals surface area (Å²) in [6.45, 7) is 0. The normalized spacial score (nSPS) is 20.5. The van der Waals surface area contributed by atoms with Crippen LogP contribution < -0.4 is 11.1 Å². The van der Waals surface area contributed by atoms with Crippen LogP contribution >= 0.6 is 15.9 Å². The number of anilines is 1. The van der Waals surface area contributed by atoms with Crippen molar-refractivity contribution in [3.8, 4) is 0 Å². The van der Waals surface area contributed by atoms with E-state index in [9.17, 15) is 9.59 Å². The molecule has 5 heteroatoms. The zero-order chi connectivity index (χ0) is 11.0. The van der Waals surface area contributed by atoms with Crippen molar-refractivity contribution < 1.29 is 9.59 Å². The Morgan fingerprint density at radius 2 is 2.13 bits per heavy atom.